The summed E-state index contributed by atoms with van der Waals surface area (Å²) < 4.78 is 9.22. The molecule has 0 radical (unpaired) electrons. The van der Waals surface area contributed by atoms with Crippen molar-refractivity contribution >= 4 is 11.9 Å². The summed E-state index contributed by atoms with van der Waals surface area (Å²) >= 11 is 0. The second-order valence-corrected chi connectivity index (χ2v) is 3.86. The van der Waals surface area contributed by atoms with Crippen LogP contribution in [0, 0.1) is 11.8 Å². The van der Waals surface area contributed by atoms with E-state index in [1.807, 2.05) is 27.7 Å². The Hall–Kier alpha value is -1.06. The lowest BCUT2D eigenvalue weighted by Crippen LogP contribution is -2.40. The van der Waals surface area contributed by atoms with E-state index in [1.54, 1.807) is 0 Å². The summed E-state index contributed by atoms with van der Waals surface area (Å²) in [7, 11) is 0. The Labute approximate surface area is 83.6 Å². The van der Waals surface area contributed by atoms with Gasteiger partial charge in [-0.15, -0.1) is 0 Å². The Morgan fingerprint density at radius 3 is 1.07 bits per heavy atom. The molecule has 0 unspecified atom stereocenters. The fourth-order valence-electron chi connectivity index (χ4n) is 1.02. The number of rotatable bonds is 0. The quantitative estimate of drug-likeness (QED) is 0.550. The van der Waals surface area contributed by atoms with E-state index in [0.717, 1.165) is 0 Å². The van der Waals surface area contributed by atoms with E-state index in [2.05, 4.69) is 9.47 Å². The first-order valence-electron chi connectivity index (χ1n) is 4.84. The average molecular weight is 200 g/mol. The molecule has 0 aromatic heterocycles. The molecule has 4 heteroatoms. The van der Waals surface area contributed by atoms with Crippen LogP contribution >= 0.6 is 0 Å². The molecular weight excluding hydrogens is 184 g/mol. The zero-order chi connectivity index (χ0) is 10.9. The van der Waals surface area contributed by atoms with Gasteiger partial charge in [0.15, 0.2) is 0 Å². The number of hydrogen-bond donors (Lipinski definition) is 0. The van der Waals surface area contributed by atoms with Crippen LogP contribution in [0.25, 0.3) is 0 Å². The topological polar surface area (TPSA) is 52.6 Å². The highest BCUT2D eigenvalue weighted by Crippen LogP contribution is 2.20. The van der Waals surface area contributed by atoms with Crippen LogP contribution in [0.2, 0.25) is 0 Å². The van der Waals surface area contributed by atoms with Gasteiger partial charge in [0, 0.05) is 0 Å². The number of esters is 2. The summed E-state index contributed by atoms with van der Waals surface area (Å²) in [5.74, 6) is 0.153. The molecule has 0 aromatic rings. The molecule has 4 atom stereocenters. The van der Waals surface area contributed by atoms with Crippen molar-refractivity contribution in [3.05, 3.63) is 0 Å². The molecule has 2 heterocycles. The number of ether oxygens (including phenoxy) is 2. The molecule has 0 amide bonds. The molecule has 0 bridgehead atoms. The van der Waals surface area contributed by atoms with E-state index in [1.165, 1.54) is 0 Å². The lowest BCUT2D eigenvalue weighted by atomic mass is 10.0. The predicted molar refractivity (Wildman–Crippen MR) is 49.4 cm³/mol. The first kappa shape index (κ1) is 11.0. The number of hydrogen-bond acceptors (Lipinski definition) is 4. The molecule has 2 fully saturated rings. The van der Waals surface area contributed by atoms with Gasteiger partial charge in [-0.3, -0.25) is 9.59 Å². The largest absolute Gasteiger partial charge is 0.461 e. The highest BCUT2D eigenvalue weighted by molar-refractivity contribution is 5.78. The second-order valence-electron chi connectivity index (χ2n) is 3.86. The Morgan fingerprint density at radius 1 is 0.786 bits per heavy atom. The van der Waals surface area contributed by atoms with E-state index >= 15 is 0 Å². The molecule has 0 aliphatic carbocycles. The predicted octanol–water partition coefficient (Wildman–Crippen LogP) is 1.14. The minimum Gasteiger partial charge on any atom is -0.461 e. The van der Waals surface area contributed by atoms with Crippen molar-refractivity contribution in [2.24, 2.45) is 11.8 Å². The third-order valence-corrected chi connectivity index (χ3v) is 2.76. The highest BCUT2D eigenvalue weighted by Gasteiger charge is 2.34. The van der Waals surface area contributed by atoms with Crippen molar-refractivity contribution in [3.8, 4) is 0 Å². The van der Waals surface area contributed by atoms with Crippen molar-refractivity contribution in [2.75, 3.05) is 0 Å². The molecule has 80 valence electrons. The van der Waals surface area contributed by atoms with E-state index in [9.17, 15) is 9.59 Å². The summed E-state index contributed by atoms with van der Waals surface area (Å²) in [5.41, 5.74) is 0. The van der Waals surface area contributed by atoms with Crippen molar-refractivity contribution in [2.45, 2.75) is 39.9 Å². The van der Waals surface area contributed by atoms with Crippen LogP contribution in [0.4, 0.5) is 0 Å². The molecule has 0 spiro atoms. The van der Waals surface area contributed by atoms with Crippen LogP contribution in [-0.4, -0.2) is 24.1 Å². The van der Waals surface area contributed by atoms with E-state index < -0.39 is 0 Å². The average Bonchev–Trinajstić information content (AvgIpc) is 2.19. The highest BCUT2D eigenvalue weighted by atomic mass is 16.6. The molecule has 2 saturated heterocycles. The van der Waals surface area contributed by atoms with E-state index in [4.69, 9.17) is 0 Å². The summed E-state index contributed by atoms with van der Waals surface area (Å²) in [6.07, 6.45) is 0.319. The first-order valence-corrected chi connectivity index (χ1v) is 4.84. The third kappa shape index (κ3) is 2.05. The van der Waals surface area contributed by atoms with E-state index in [-0.39, 0.29) is 36.0 Å². The molecule has 2 rings (SSSR count). The summed E-state index contributed by atoms with van der Waals surface area (Å²) in [5, 5.41) is 0. The molecule has 0 aromatic carbocycles. The van der Waals surface area contributed by atoms with Gasteiger partial charge in [0.1, 0.15) is 12.2 Å². The molecule has 0 saturated carbocycles. The number of cyclic esters (lactones) is 2. The van der Waals surface area contributed by atoms with Gasteiger partial charge in [-0.2, -0.15) is 0 Å². The first-order chi connectivity index (χ1) is 6.43. The van der Waals surface area contributed by atoms with Crippen LogP contribution in [0.15, 0.2) is 0 Å². The minimum absolute atomic E-state index is 0.0625. The Bertz CT molecular complexity index is 223. The maximum absolute atomic E-state index is 10.2. The SMILES string of the molecule is C[C@@H]1C(=O)O[C@@H]1C.C[C@@H]1OC(=O)[C@@H]1C. The molecule has 14 heavy (non-hydrogen) atoms. The monoisotopic (exact) mass is 200 g/mol. The third-order valence-electron chi connectivity index (χ3n) is 2.76. The van der Waals surface area contributed by atoms with Gasteiger partial charge in [0.2, 0.25) is 0 Å². The van der Waals surface area contributed by atoms with Crippen LogP contribution < -0.4 is 0 Å². The van der Waals surface area contributed by atoms with Crippen molar-refractivity contribution in [1.29, 1.82) is 0 Å². The fourth-order valence-corrected chi connectivity index (χ4v) is 1.02. The molecular formula is C10H16O4. The zero-order valence-corrected chi connectivity index (χ0v) is 8.94. The van der Waals surface area contributed by atoms with Gasteiger partial charge >= 0.3 is 11.9 Å². The lowest BCUT2D eigenvalue weighted by molar-refractivity contribution is -0.180. The van der Waals surface area contributed by atoms with Gasteiger partial charge in [0.25, 0.3) is 0 Å². The maximum Gasteiger partial charge on any atom is 0.312 e. The van der Waals surface area contributed by atoms with Gasteiger partial charge in [0.05, 0.1) is 11.8 Å². The number of carbonyl (C=O) groups is 2. The van der Waals surface area contributed by atoms with Crippen LogP contribution in [-0.2, 0) is 19.1 Å². The molecule has 2 aliphatic heterocycles. The van der Waals surface area contributed by atoms with Gasteiger partial charge < -0.3 is 9.47 Å². The Morgan fingerprint density at radius 2 is 1.07 bits per heavy atom. The zero-order valence-electron chi connectivity index (χ0n) is 8.94. The van der Waals surface area contributed by atoms with Crippen molar-refractivity contribution in [3.63, 3.8) is 0 Å². The Balaban J connectivity index is 0.000000140. The fraction of sp³-hybridized carbons (Fsp3) is 0.800. The van der Waals surface area contributed by atoms with E-state index in [0.29, 0.717) is 0 Å². The summed E-state index contributed by atoms with van der Waals surface area (Å²) in [6.45, 7) is 7.53. The summed E-state index contributed by atoms with van der Waals surface area (Å²) in [4.78, 5) is 20.4. The minimum atomic E-state index is -0.0625. The normalized spacial score (nSPS) is 39.4. The van der Waals surface area contributed by atoms with Gasteiger partial charge in [-0.1, -0.05) is 0 Å². The number of carbonyl (C=O) groups excluding carboxylic acids is 2. The standard InChI is InChI=1S/2C5H8O2/c2*1-3-4(2)7-5(3)6/h2*3-4H,1-2H3/t2*3-,4+/m10/s1. The molecule has 0 N–H and O–H groups in total. The Kier molecular flexibility index (Phi) is 3.13. The maximum atomic E-state index is 10.2. The van der Waals surface area contributed by atoms with Crippen molar-refractivity contribution < 1.29 is 19.1 Å². The second kappa shape index (κ2) is 3.98. The van der Waals surface area contributed by atoms with Crippen LogP contribution in [0.1, 0.15) is 27.7 Å². The van der Waals surface area contributed by atoms with Gasteiger partial charge in [-0.25, -0.2) is 0 Å². The molecule has 2 aliphatic rings. The van der Waals surface area contributed by atoms with Gasteiger partial charge in [-0.05, 0) is 27.7 Å². The smallest absolute Gasteiger partial charge is 0.312 e. The van der Waals surface area contributed by atoms with Crippen molar-refractivity contribution in [1.82, 2.24) is 0 Å². The van der Waals surface area contributed by atoms with Crippen LogP contribution in [0.3, 0.4) is 0 Å². The van der Waals surface area contributed by atoms with Crippen LogP contribution in [0.5, 0.6) is 0 Å². The summed E-state index contributed by atoms with van der Waals surface area (Å²) in [6, 6.07) is 0. The molecule has 4 nitrogen and oxygen atoms in total. The lowest BCUT2D eigenvalue weighted by Gasteiger charge is -2.28.